The molecule has 1 aliphatic heterocycles. The minimum atomic E-state index is -4.64. The van der Waals surface area contributed by atoms with Crippen LogP contribution in [-0.2, 0) is 11.0 Å². The topological polar surface area (TPSA) is 49.4 Å². The largest absolute Gasteiger partial charge is 0.416 e. The second kappa shape index (κ2) is 8.27. The van der Waals surface area contributed by atoms with E-state index in [9.17, 15) is 27.2 Å². The van der Waals surface area contributed by atoms with Gasteiger partial charge in [0.05, 0.1) is 11.6 Å². The second-order valence-electron chi connectivity index (χ2n) is 7.25. The van der Waals surface area contributed by atoms with Crippen LogP contribution < -0.4 is 5.32 Å². The normalized spacial score (nSPS) is 16.2. The highest BCUT2D eigenvalue weighted by atomic mass is 35.5. The Morgan fingerprint density at radius 1 is 1.03 bits per heavy atom. The summed E-state index contributed by atoms with van der Waals surface area (Å²) in [5.41, 5.74) is 0.102. The van der Waals surface area contributed by atoms with E-state index in [4.69, 9.17) is 11.6 Å². The van der Waals surface area contributed by atoms with Crippen LogP contribution >= 0.6 is 11.6 Å². The van der Waals surface area contributed by atoms with E-state index in [0.717, 1.165) is 23.1 Å². The summed E-state index contributed by atoms with van der Waals surface area (Å²) in [6, 6.07) is 13.1. The lowest BCUT2D eigenvalue weighted by Crippen LogP contribution is -2.39. The molecule has 164 valence electrons. The molecule has 0 aromatic heterocycles. The molecular weight excluding hydrogens is 448 g/mol. The Kier molecular flexibility index (Phi) is 5.64. The molecule has 1 atom stereocenters. The van der Waals surface area contributed by atoms with Crippen molar-refractivity contribution >= 4 is 29.1 Å². The lowest BCUT2D eigenvalue weighted by atomic mass is 9.95. The first-order valence-corrected chi connectivity index (χ1v) is 9.84. The Hall–Kier alpha value is -3.39. The van der Waals surface area contributed by atoms with Crippen LogP contribution in [0.3, 0.4) is 0 Å². The van der Waals surface area contributed by atoms with Gasteiger partial charge in [0, 0.05) is 21.8 Å². The lowest BCUT2D eigenvalue weighted by molar-refractivity contribution is -0.137. The molecule has 1 N–H and O–H groups in total. The summed E-state index contributed by atoms with van der Waals surface area (Å²) in [5, 5.41) is 3.02. The molecule has 0 saturated heterocycles. The van der Waals surface area contributed by atoms with Gasteiger partial charge in [-0.2, -0.15) is 13.2 Å². The molecule has 3 aromatic rings. The second-order valence-corrected chi connectivity index (χ2v) is 7.68. The number of carbonyl (C=O) groups excluding carboxylic acids is 2. The first-order valence-electron chi connectivity index (χ1n) is 9.46. The van der Waals surface area contributed by atoms with Crippen molar-refractivity contribution in [3.8, 4) is 0 Å². The van der Waals surface area contributed by atoms with E-state index in [-0.39, 0.29) is 5.56 Å². The molecule has 1 heterocycles. The number of alkyl halides is 3. The quantitative estimate of drug-likeness (QED) is 0.498. The van der Waals surface area contributed by atoms with Crippen LogP contribution in [0.1, 0.15) is 33.1 Å². The zero-order chi connectivity index (χ0) is 23.0. The number of fused-ring (bicyclic) bond motifs is 1. The number of halogens is 5. The van der Waals surface area contributed by atoms with Crippen molar-refractivity contribution in [3.05, 3.63) is 99.8 Å². The maximum absolute atomic E-state index is 13.6. The van der Waals surface area contributed by atoms with E-state index in [1.807, 2.05) is 0 Å². The van der Waals surface area contributed by atoms with E-state index < -0.39 is 42.0 Å². The van der Waals surface area contributed by atoms with Crippen LogP contribution in [0.25, 0.3) is 0 Å². The first kappa shape index (κ1) is 21.8. The number of nitrogens with zero attached hydrogens (tertiary/aromatic N) is 1. The van der Waals surface area contributed by atoms with Crippen molar-refractivity contribution in [3.63, 3.8) is 0 Å². The number of hydrogen-bond acceptors (Lipinski definition) is 2. The summed E-state index contributed by atoms with van der Waals surface area (Å²) >= 11 is 6.16. The van der Waals surface area contributed by atoms with Crippen molar-refractivity contribution < 1.29 is 27.2 Å². The fourth-order valence-corrected chi connectivity index (χ4v) is 3.85. The monoisotopic (exact) mass is 462 g/mol. The summed E-state index contributed by atoms with van der Waals surface area (Å²) < 4.78 is 53.1. The molecule has 4 nitrogen and oxygen atoms in total. The number of anilines is 1. The van der Waals surface area contributed by atoms with Gasteiger partial charge in [0.15, 0.2) is 0 Å². The summed E-state index contributed by atoms with van der Waals surface area (Å²) in [6.45, 7) is -0.427. The van der Waals surface area contributed by atoms with E-state index in [1.165, 1.54) is 30.3 Å². The van der Waals surface area contributed by atoms with E-state index in [1.54, 1.807) is 18.2 Å². The average molecular weight is 463 g/mol. The van der Waals surface area contributed by atoms with Gasteiger partial charge in [-0.25, -0.2) is 4.39 Å². The summed E-state index contributed by atoms with van der Waals surface area (Å²) in [7, 11) is 0. The third-order valence-corrected chi connectivity index (χ3v) is 5.33. The van der Waals surface area contributed by atoms with Crippen LogP contribution in [-0.4, -0.2) is 23.3 Å². The SMILES string of the molecule is O=C1CN(C(=O)c2cccc(C(F)(F)F)c2)[C@@H](c2ccc(F)cc2)c2cc(Cl)ccc2N1. The maximum atomic E-state index is 13.6. The molecule has 0 aliphatic carbocycles. The summed E-state index contributed by atoms with van der Waals surface area (Å²) in [4.78, 5) is 27.1. The molecular formula is C23H15ClF4N2O2. The predicted molar refractivity (Wildman–Crippen MR) is 111 cm³/mol. The number of hydrogen-bond donors (Lipinski definition) is 1. The fourth-order valence-electron chi connectivity index (χ4n) is 3.67. The number of benzene rings is 3. The van der Waals surface area contributed by atoms with Gasteiger partial charge in [-0.15, -0.1) is 0 Å². The minimum absolute atomic E-state index is 0.231. The van der Waals surface area contributed by atoms with E-state index in [0.29, 0.717) is 21.8 Å². The Bertz CT molecular complexity index is 1200. The van der Waals surface area contributed by atoms with E-state index in [2.05, 4.69) is 5.32 Å². The number of amides is 2. The van der Waals surface area contributed by atoms with Gasteiger partial charge in [0.25, 0.3) is 5.91 Å². The molecule has 0 unspecified atom stereocenters. The molecule has 0 fully saturated rings. The molecule has 0 spiro atoms. The van der Waals surface area contributed by atoms with Gasteiger partial charge < -0.3 is 10.2 Å². The predicted octanol–water partition coefficient (Wildman–Crippen LogP) is 5.68. The van der Waals surface area contributed by atoms with Gasteiger partial charge in [0.2, 0.25) is 5.91 Å². The van der Waals surface area contributed by atoms with Gasteiger partial charge in [-0.1, -0.05) is 29.8 Å². The highest BCUT2D eigenvalue weighted by molar-refractivity contribution is 6.30. The number of carbonyl (C=O) groups is 2. The van der Waals surface area contributed by atoms with Crippen molar-refractivity contribution in [2.75, 3.05) is 11.9 Å². The average Bonchev–Trinajstić information content (AvgIpc) is 2.89. The molecule has 3 aromatic carbocycles. The van der Waals surface area contributed by atoms with Crippen LogP contribution in [0.5, 0.6) is 0 Å². The zero-order valence-electron chi connectivity index (χ0n) is 16.3. The molecule has 2 amide bonds. The number of rotatable bonds is 2. The Balaban J connectivity index is 1.87. The van der Waals surface area contributed by atoms with Crippen LogP contribution in [0, 0.1) is 5.82 Å². The maximum Gasteiger partial charge on any atom is 0.416 e. The van der Waals surface area contributed by atoms with Crippen LogP contribution in [0.4, 0.5) is 23.2 Å². The molecule has 9 heteroatoms. The summed E-state index contributed by atoms with van der Waals surface area (Å²) in [6.07, 6.45) is -4.64. The lowest BCUT2D eigenvalue weighted by Gasteiger charge is -2.31. The number of nitrogens with one attached hydrogen (secondary N) is 1. The van der Waals surface area contributed by atoms with Crippen LogP contribution in [0.2, 0.25) is 5.02 Å². The Morgan fingerprint density at radius 3 is 2.44 bits per heavy atom. The molecule has 32 heavy (non-hydrogen) atoms. The highest BCUT2D eigenvalue weighted by Gasteiger charge is 2.36. The van der Waals surface area contributed by atoms with Gasteiger partial charge in [0.1, 0.15) is 12.4 Å². The van der Waals surface area contributed by atoms with Crippen molar-refractivity contribution in [1.29, 1.82) is 0 Å². The van der Waals surface area contributed by atoms with Gasteiger partial charge in [-0.3, -0.25) is 9.59 Å². The van der Waals surface area contributed by atoms with Crippen molar-refractivity contribution in [2.45, 2.75) is 12.2 Å². The Morgan fingerprint density at radius 2 is 1.75 bits per heavy atom. The first-order chi connectivity index (χ1) is 15.1. The van der Waals surface area contributed by atoms with Gasteiger partial charge >= 0.3 is 6.18 Å². The molecule has 4 rings (SSSR count). The van der Waals surface area contributed by atoms with Crippen LogP contribution in [0.15, 0.2) is 66.7 Å². The van der Waals surface area contributed by atoms with Crippen molar-refractivity contribution in [2.24, 2.45) is 0 Å². The smallest absolute Gasteiger partial charge is 0.324 e. The highest BCUT2D eigenvalue weighted by Crippen LogP contribution is 2.38. The molecule has 0 saturated carbocycles. The third kappa shape index (κ3) is 4.31. The molecule has 1 aliphatic rings. The zero-order valence-corrected chi connectivity index (χ0v) is 17.0. The Labute approximate surface area is 185 Å². The van der Waals surface area contributed by atoms with Gasteiger partial charge in [-0.05, 0) is 54.1 Å². The minimum Gasteiger partial charge on any atom is -0.324 e. The van der Waals surface area contributed by atoms with Crippen molar-refractivity contribution in [1.82, 2.24) is 4.90 Å². The summed E-state index contributed by atoms with van der Waals surface area (Å²) in [5.74, 6) is -1.81. The standard InChI is InChI=1S/C23H15ClF4N2O2/c24-16-6-9-19-18(11-16)21(13-4-7-17(25)8-5-13)30(12-20(31)29-19)22(32)14-2-1-3-15(10-14)23(26,27)28/h1-11,21H,12H2,(H,29,31)/t21-/m0/s1. The molecule has 0 radical (unpaired) electrons. The van der Waals surface area contributed by atoms with E-state index >= 15 is 0 Å². The fraction of sp³-hybridized carbons (Fsp3) is 0.130. The third-order valence-electron chi connectivity index (χ3n) is 5.09. The molecule has 0 bridgehead atoms.